The minimum absolute atomic E-state index is 0.0251. The first kappa shape index (κ1) is 24.5. The lowest BCUT2D eigenvalue weighted by atomic mass is 9.56. The molecule has 5 heterocycles. The molecule has 0 unspecified atom stereocenters. The van der Waals surface area contributed by atoms with Gasteiger partial charge in [-0.05, 0) is 53.9 Å². The van der Waals surface area contributed by atoms with Crippen molar-refractivity contribution in [2.45, 2.75) is 82.2 Å². The van der Waals surface area contributed by atoms with Crippen LogP contribution in [0, 0.1) is 10.8 Å². The summed E-state index contributed by atoms with van der Waals surface area (Å²) in [5.41, 5.74) is 1.87. The van der Waals surface area contributed by atoms with Crippen molar-refractivity contribution in [2.24, 2.45) is 10.8 Å². The Morgan fingerprint density at radius 1 is 0.846 bits per heavy atom. The number of nitrogens with zero attached hydrogens (tertiary/aromatic N) is 2. The van der Waals surface area contributed by atoms with Crippen molar-refractivity contribution in [3.8, 4) is 0 Å². The highest BCUT2D eigenvalue weighted by molar-refractivity contribution is 6.01. The number of hydrogen-bond acceptors (Lipinski definition) is 4. The number of amides is 2. The largest absolute Gasteiger partial charge is 0.364 e. The molecule has 3 saturated heterocycles. The fraction of sp³-hybridized carbons (Fsp3) is 0.455. The zero-order valence-electron chi connectivity index (χ0n) is 23.5. The average Bonchev–Trinajstić information content (AvgIpc) is 3.58. The van der Waals surface area contributed by atoms with Crippen LogP contribution >= 0.6 is 0 Å². The van der Waals surface area contributed by atoms with Crippen molar-refractivity contribution < 1.29 is 9.59 Å². The highest BCUT2D eigenvalue weighted by Crippen LogP contribution is 2.67. The predicted molar refractivity (Wildman–Crippen MR) is 154 cm³/mol. The van der Waals surface area contributed by atoms with Gasteiger partial charge in [0.25, 0.3) is 0 Å². The van der Waals surface area contributed by atoms with Crippen LogP contribution < -0.4 is 10.6 Å². The van der Waals surface area contributed by atoms with Crippen LogP contribution in [0.4, 0.5) is 11.4 Å². The molecule has 6 nitrogen and oxygen atoms in total. The van der Waals surface area contributed by atoms with Gasteiger partial charge in [-0.2, -0.15) is 0 Å². The summed E-state index contributed by atoms with van der Waals surface area (Å²) < 4.78 is 0. The molecule has 0 radical (unpaired) electrons. The standard InChI is InChI=1S/C33H38N4O2/c1-8-29(3,4)32-18-24-27(39)37-25(26(38)36(24)28(32)34-22-16-12-10-14-20(22)32)19-33(30(5,6)9-2)21-15-11-13-17-23(21)35-31(33,37)7/h8-17,24-25,28,34-35H,1-2,18-19H2,3-7H3/t24-,25-,28-,31-,32+,33-/m0/s1. The molecule has 0 bridgehead atoms. The number of nitrogens with one attached hydrogen (secondary N) is 2. The Balaban J connectivity index is 1.41. The van der Waals surface area contributed by atoms with E-state index in [0.717, 1.165) is 22.5 Å². The van der Waals surface area contributed by atoms with Crippen molar-refractivity contribution in [1.82, 2.24) is 9.80 Å². The van der Waals surface area contributed by atoms with E-state index in [1.165, 1.54) is 0 Å². The Kier molecular flexibility index (Phi) is 4.49. The van der Waals surface area contributed by atoms with E-state index in [4.69, 9.17) is 0 Å². The quantitative estimate of drug-likeness (QED) is 0.528. The molecule has 5 aliphatic heterocycles. The second-order valence-corrected chi connectivity index (χ2v) is 13.5. The van der Waals surface area contributed by atoms with Gasteiger partial charge in [0.15, 0.2) is 0 Å². The molecular weight excluding hydrogens is 484 g/mol. The van der Waals surface area contributed by atoms with Gasteiger partial charge in [-0.1, -0.05) is 76.2 Å². The van der Waals surface area contributed by atoms with Crippen molar-refractivity contribution in [1.29, 1.82) is 0 Å². The zero-order chi connectivity index (χ0) is 27.8. The van der Waals surface area contributed by atoms with E-state index in [2.05, 4.69) is 94.8 Å². The molecule has 2 N–H and O–H groups in total. The van der Waals surface area contributed by atoms with Gasteiger partial charge in [-0.25, -0.2) is 0 Å². The molecule has 0 aliphatic carbocycles. The molecule has 2 amide bonds. The Bertz CT molecular complexity index is 1480. The number of carbonyl (C=O) groups excluding carboxylic acids is 2. The SMILES string of the molecule is C=CC(C)(C)[C@@]12C[C@H]3C(=O)N4[C@@H](C[C@@]5(C(C)(C)C=C)c6ccccc6N[C@@H]45)C(=O)N3[C@]1(C)Nc1ccccc12. The monoisotopic (exact) mass is 522 g/mol. The van der Waals surface area contributed by atoms with Gasteiger partial charge in [0, 0.05) is 22.2 Å². The van der Waals surface area contributed by atoms with Crippen LogP contribution in [-0.4, -0.2) is 45.5 Å². The number of benzene rings is 2. The first-order chi connectivity index (χ1) is 18.4. The molecule has 6 heteroatoms. The third-order valence-electron chi connectivity index (χ3n) is 11.5. The fourth-order valence-electron chi connectivity index (χ4n) is 9.34. The molecule has 202 valence electrons. The summed E-state index contributed by atoms with van der Waals surface area (Å²) in [6, 6.07) is 15.5. The molecule has 2 aromatic carbocycles. The van der Waals surface area contributed by atoms with Crippen LogP contribution in [0.25, 0.3) is 0 Å². The van der Waals surface area contributed by atoms with Crippen LogP contribution in [0.15, 0.2) is 73.8 Å². The maximum atomic E-state index is 14.8. The van der Waals surface area contributed by atoms with Gasteiger partial charge in [-0.3, -0.25) is 9.59 Å². The molecule has 5 aliphatic rings. The summed E-state index contributed by atoms with van der Waals surface area (Å²) >= 11 is 0. The number of para-hydroxylation sites is 2. The van der Waals surface area contributed by atoms with Gasteiger partial charge < -0.3 is 20.4 Å². The number of anilines is 2. The molecule has 6 atom stereocenters. The average molecular weight is 523 g/mol. The molecule has 0 saturated carbocycles. The zero-order valence-corrected chi connectivity index (χ0v) is 23.5. The first-order valence-corrected chi connectivity index (χ1v) is 14.1. The molecule has 0 spiro atoms. The summed E-state index contributed by atoms with van der Waals surface area (Å²) in [5, 5.41) is 7.44. The Hall–Kier alpha value is -3.54. The number of fused-ring (bicyclic) bond motifs is 10. The van der Waals surface area contributed by atoms with Crippen molar-refractivity contribution in [2.75, 3.05) is 10.6 Å². The maximum absolute atomic E-state index is 14.8. The van der Waals surface area contributed by atoms with E-state index in [-0.39, 0.29) is 28.8 Å². The van der Waals surface area contributed by atoms with E-state index in [9.17, 15) is 9.59 Å². The van der Waals surface area contributed by atoms with Gasteiger partial charge in [0.2, 0.25) is 11.8 Å². The lowest BCUT2D eigenvalue weighted by Gasteiger charge is -2.51. The minimum Gasteiger partial charge on any atom is -0.364 e. The van der Waals surface area contributed by atoms with Crippen LogP contribution in [0.1, 0.15) is 58.6 Å². The summed E-state index contributed by atoms with van der Waals surface area (Å²) in [6.07, 6.45) is 4.76. The molecule has 0 aromatic heterocycles. The topological polar surface area (TPSA) is 64.7 Å². The van der Waals surface area contributed by atoms with E-state index in [1.54, 1.807) is 0 Å². The van der Waals surface area contributed by atoms with Gasteiger partial charge in [0.1, 0.15) is 23.9 Å². The van der Waals surface area contributed by atoms with Gasteiger partial charge >= 0.3 is 0 Å². The van der Waals surface area contributed by atoms with Crippen LogP contribution in [0.2, 0.25) is 0 Å². The summed E-state index contributed by atoms with van der Waals surface area (Å²) in [7, 11) is 0. The first-order valence-electron chi connectivity index (χ1n) is 14.1. The normalized spacial score (nSPS) is 35.8. The summed E-state index contributed by atoms with van der Waals surface area (Å²) in [6.45, 7) is 19.3. The predicted octanol–water partition coefficient (Wildman–Crippen LogP) is 5.40. The van der Waals surface area contributed by atoms with Crippen molar-refractivity contribution in [3.63, 3.8) is 0 Å². The van der Waals surface area contributed by atoms with E-state index >= 15 is 0 Å². The Morgan fingerprint density at radius 2 is 1.46 bits per heavy atom. The van der Waals surface area contributed by atoms with Gasteiger partial charge in [0.05, 0.1) is 0 Å². The van der Waals surface area contributed by atoms with Crippen LogP contribution in [0.5, 0.6) is 0 Å². The Labute approximate surface area is 231 Å². The molecule has 2 aromatic rings. The summed E-state index contributed by atoms with van der Waals surface area (Å²) in [4.78, 5) is 33.4. The summed E-state index contributed by atoms with van der Waals surface area (Å²) in [5.74, 6) is 0.0536. The van der Waals surface area contributed by atoms with E-state index in [1.807, 2.05) is 34.1 Å². The lowest BCUT2D eigenvalue weighted by Crippen LogP contribution is -2.70. The third-order valence-corrected chi connectivity index (χ3v) is 11.5. The molecule has 7 rings (SSSR count). The Morgan fingerprint density at radius 3 is 2.13 bits per heavy atom. The molecular formula is C33H38N4O2. The number of piperazine rings is 1. The van der Waals surface area contributed by atoms with E-state index < -0.39 is 28.6 Å². The maximum Gasteiger partial charge on any atom is 0.248 e. The van der Waals surface area contributed by atoms with Crippen LogP contribution in [0.3, 0.4) is 0 Å². The smallest absolute Gasteiger partial charge is 0.248 e. The van der Waals surface area contributed by atoms with Crippen LogP contribution in [-0.2, 0) is 20.4 Å². The van der Waals surface area contributed by atoms with Crippen molar-refractivity contribution in [3.05, 3.63) is 85.0 Å². The van der Waals surface area contributed by atoms with Gasteiger partial charge in [-0.15, -0.1) is 13.2 Å². The highest BCUT2D eigenvalue weighted by Gasteiger charge is 2.77. The number of rotatable bonds is 4. The minimum atomic E-state index is -0.776. The lowest BCUT2D eigenvalue weighted by molar-refractivity contribution is -0.163. The second kappa shape index (κ2) is 7.15. The van der Waals surface area contributed by atoms with Crippen molar-refractivity contribution >= 4 is 23.2 Å². The second-order valence-electron chi connectivity index (χ2n) is 13.5. The molecule has 3 fully saturated rings. The van der Waals surface area contributed by atoms with E-state index in [0.29, 0.717) is 12.8 Å². The third kappa shape index (κ3) is 2.42. The number of hydrogen-bond donors (Lipinski definition) is 2. The number of allylic oxidation sites excluding steroid dienone is 2. The molecule has 39 heavy (non-hydrogen) atoms. The highest BCUT2D eigenvalue weighted by atomic mass is 16.2. The fourth-order valence-corrected chi connectivity index (χ4v) is 9.34. The number of carbonyl (C=O) groups is 2.